The molecule has 1 aliphatic rings. The lowest BCUT2D eigenvalue weighted by Crippen LogP contribution is -2.51. The topological polar surface area (TPSA) is 84.2 Å². The highest BCUT2D eigenvalue weighted by atomic mass is 16.2. The standard InChI is InChI=1S/C13H25N3O2/c1-12(2,3)16-10(17)8-15-11(18)13(4)7-5-6-9(13)14/h9H,5-8,14H2,1-4H3,(H,15,18)(H,16,17). The molecule has 2 amide bonds. The molecule has 1 aliphatic carbocycles. The zero-order chi connectivity index (χ0) is 14.0. The molecule has 2 atom stereocenters. The van der Waals surface area contributed by atoms with Crippen molar-refractivity contribution in [3.05, 3.63) is 0 Å². The molecular formula is C13H25N3O2. The first-order valence-electron chi connectivity index (χ1n) is 6.50. The van der Waals surface area contributed by atoms with E-state index in [2.05, 4.69) is 10.6 Å². The van der Waals surface area contributed by atoms with E-state index in [1.165, 1.54) is 0 Å². The molecule has 0 aromatic rings. The van der Waals surface area contributed by atoms with Gasteiger partial charge in [-0.25, -0.2) is 0 Å². The summed E-state index contributed by atoms with van der Waals surface area (Å²) in [5, 5.41) is 5.49. The predicted molar refractivity (Wildman–Crippen MR) is 70.8 cm³/mol. The third-order valence-electron chi connectivity index (χ3n) is 3.47. The van der Waals surface area contributed by atoms with Crippen LogP contribution in [0, 0.1) is 5.41 Å². The Bertz CT molecular complexity index is 336. The fourth-order valence-electron chi connectivity index (χ4n) is 2.30. The van der Waals surface area contributed by atoms with E-state index in [1.54, 1.807) is 0 Å². The molecule has 5 heteroatoms. The van der Waals surface area contributed by atoms with Gasteiger partial charge in [-0.15, -0.1) is 0 Å². The minimum atomic E-state index is -0.526. The molecule has 1 fully saturated rings. The average molecular weight is 255 g/mol. The van der Waals surface area contributed by atoms with Crippen molar-refractivity contribution in [1.82, 2.24) is 10.6 Å². The average Bonchev–Trinajstić information content (AvgIpc) is 2.54. The summed E-state index contributed by atoms with van der Waals surface area (Å²) >= 11 is 0. The number of nitrogens with one attached hydrogen (secondary N) is 2. The summed E-state index contributed by atoms with van der Waals surface area (Å²) in [6.07, 6.45) is 2.64. The molecule has 0 saturated heterocycles. The van der Waals surface area contributed by atoms with Gasteiger partial charge in [-0.05, 0) is 40.5 Å². The maximum absolute atomic E-state index is 12.1. The van der Waals surface area contributed by atoms with Gasteiger partial charge in [0.25, 0.3) is 0 Å². The number of hydrogen-bond acceptors (Lipinski definition) is 3. The molecule has 1 saturated carbocycles. The van der Waals surface area contributed by atoms with E-state index in [0.29, 0.717) is 0 Å². The number of carbonyl (C=O) groups excluding carboxylic acids is 2. The smallest absolute Gasteiger partial charge is 0.239 e. The first kappa shape index (κ1) is 15.0. The third kappa shape index (κ3) is 3.70. The quantitative estimate of drug-likeness (QED) is 0.688. The van der Waals surface area contributed by atoms with Gasteiger partial charge in [0, 0.05) is 11.6 Å². The van der Waals surface area contributed by atoms with Crippen molar-refractivity contribution >= 4 is 11.8 Å². The second kappa shape index (κ2) is 5.26. The Kier molecular flexibility index (Phi) is 4.37. The molecule has 0 bridgehead atoms. The zero-order valence-electron chi connectivity index (χ0n) is 11.8. The zero-order valence-corrected chi connectivity index (χ0v) is 11.8. The van der Waals surface area contributed by atoms with Gasteiger partial charge in [0.1, 0.15) is 0 Å². The van der Waals surface area contributed by atoms with Gasteiger partial charge in [-0.2, -0.15) is 0 Å². The minimum Gasteiger partial charge on any atom is -0.350 e. The normalized spacial score (nSPS) is 27.9. The molecule has 5 nitrogen and oxygen atoms in total. The van der Waals surface area contributed by atoms with Gasteiger partial charge in [0.15, 0.2) is 0 Å². The van der Waals surface area contributed by atoms with Crippen molar-refractivity contribution in [2.75, 3.05) is 6.54 Å². The molecule has 0 radical (unpaired) electrons. The first-order chi connectivity index (χ1) is 8.15. The fraction of sp³-hybridized carbons (Fsp3) is 0.846. The molecule has 4 N–H and O–H groups in total. The van der Waals surface area contributed by atoms with Crippen LogP contribution in [0.3, 0.4) is 0 Å². The van der Waals surface area contributed by atoms with Gasteiger partial charge in [-0.1, -0.05) is 6.42 Å². The highest BCUT2D eigenvalue weighted by Crippen LogP contribution is 2.36. The van der Waals surface area contributed by atoms with Crippen molar-refractivity contribution in [2.24, 2.45) is 11.1 Å². The summed E-state index contributed by atoms with van der Waals surface area (Å²) in [7, 11) is 0. The van der Waals surface area contributed by atoms with Crippen molar-refractivity contribution in [2.45, 2.75) is 58.5 Å². The van der Waals surface area contributed by atoms with Crippen molar-refractivity contribution in [1.29, 1.82) is 0 Å². The van der Waals surface area contributed by atoms with Crippen LogP contribution in [0.1, 0.15) is 47.0 Å². The summed E-state index contributed by atoms with van der Waals surface area (Å²) in [5.41, 5.74) is 5.15. The number of carbonyl (C=O) groups is 2. The second-order valence-electron chi connectivity index (χ2n) is 6.40. The Labute approximate surface area is 109 Å². The lowest BCUT2D eigenvalue weighted by Gasteiger charge is -2.28. The van der Waals surface area contributed by atoms with Crippen LogP contribution in [0.5, 0.6) is 0 Å². The van der Waals surface area contributed by atoms with Crippen molar-refractivity contribution < 1.29 is 9.59 Å². The Hall–Kier alpha value is -1.10. The lowest BCUT2D eigenvalue weighted by molar-refractivity contribution is -0.133. The van der Waals surface area contributed by atoms with Crippen LogP contribution < -0.4 is 16.4 Å². The predicted octanol–water partition coefficient (Wildman–Crippen LogP) is 0.535. The summed E-state index contributed by atoms with van der Waals surface area (Å²) in [6.45, 7) is 7.60. The van der Waals surface area contributed by atoms with E-state index < -0.39 is 5.41 Å². The molecule has 0 aliphatic heterocycles. The third-order valence-corrected chi connectivity index (χ3v) is 3.47. The Balaban J connectivity index is 2.44. The molecule has 0 heterocycles. The van der Waals surface area contributed by atoms with E-state index in [0.717, 1.165) is 19.3 Å². The maximum atomic E-state index is 12.1. The number of rotatable bonds is 3. The van der Waals surface area contributed by atoms with E-state index in [4.69, 9.17) is 5.73 Å². The second-order valence-corrected chi connectivity index (χ2v) is 6.40. The monoisotopic (exact) mass is 255 g/mol. The van der Waals surface area contributed by atoms with E-state index >= 15 is 0 Å². The number of hydrogen-bond donors (Lipinski definition) is 3. The number of nitrogens with two attached hydrogens (primary N) is 1. The van der Waals surface area contributed by atoms with Crippen LogP contribution in [-0.2, 0) is 9.59 Å². The molecule has 2 unspecified atom stereocenters. The van der Waals surface area contributed by atoms with E-state index in [9.17, 15) is 9.59 Å². The van der Waals surface area contributed by atoms with Gasteiger partial charge < -0.3 is 16.4 Å². The Morgan fingerprint density at radius 2 is 2.00 bits per heavy atom. The SMILES string of the molecule is CC(C)(C)NC(=O)CNC(=O)C1(C)CCCC1N. The number of amides is 2. The van der Waals surface area contributed by atoms with E-state index in [-0.39, 0.29) is 29.9 Å². The van der Waals surface area contributed by atoms with Crippen LogP contribution in [-0.4, -0.2) is 29.9 Å². The van der Waals surface area contributed by atoms with E-state index in [1.807, 2.05) is 27.7 Å². The lowest BCUT2D eigenvalue weighted by atomic mass is 9.84. The summed E-state index contributed by atoms with van der Waals surface area (Å²) in [5.74, 6) is -0.289. The maximum Gasteiger partial charge on any atom is 0.239 e. The Morgan fingerprint density at radius 1 is 1.39 bits per heavy atom. The molecule has 0 aromatic heterocycles. The summed E-state index contributed by atoms with van der Waals surface area (Å²) in [4.78, 5) is 23.7. The minimum absolute atomic E-state index is 0.0123. The van der Waals surface area contributed by atoms with Crippen LogP contribution >= 0.6 is 0 Å². The molecule has 104 valence electrons. The summed E-state index contributed by atoms with van der Waals surface area (Å²) in [6, 6.07) is -0.108. The largest absolute Gasteiger partial charge is 0.350 e. The van der Waals surface area contributed by atoms with Crippen LogP contribution in [0.15, 0.2) is 0 Å². The van der Waals surface area contributed by atoms with Crippen LogP contribution in [0.2, 0.25) is 0 Å². The summed E-state index contributed by atoms with van der Waals surface area (Å²) < 4.78 is 0. The highest BCUT2D eigenvalue weighted by molar-refractivity contribution is 5.88. The van der Waals surface area contributed by atoms with Gasteiger partial charge >= 0.3 is 0 Å². The van der Waals surface area contributed by atoms with Crippen LogP contribution in [0.4, 0.5) is 0 Å². The van der Waals surface area contributed by atoms with Gasteiger partial charge in [-0.3, -0.25) is 9.59 Å². The molecular weight excluding hydrogens is 230 g/mol. The molecule has 0 aromatic carbocycles. The molecule has 0 spiro atoms. The fourth-order valence-corrected chi connectivity index (χ4v) is 2.30. The molecule has 1 rings (SSSR count). The first-order valence-corrected chi connectivity index (χ1v) is 6.50. The van der Waals surface area contributed by atoms with Crippen molar-refractivity contribution in [3.63, 3.8) is 0 Å². The van der Waals surface area contributed by atoms with Crippen molar-refractivity contribution in [3.8, 4) is 0 Å². The van der Waals surface area contributed by atoms with Crippen LogP contribution in [0.25, 0.3) is 0 Å². The highest BCUT2D eigenvalue weighted by Gasteiger charge is 2.42. The Morgan fingerprint density at radius 3 is 2.44 bits per heavy atom. The van der Waals surface area contributed by atoms with Gasteiger partial charge in [0.05, 0.1) is 12.0 Å². The molecule has 18 heavy (non-hydrogen) atoms. The van der Waals surface area contributed by atoms with Gasteiger partial charge in [0.2, 0.25) is 11.8 Å².